The van der Waals surface area contributed by atoms with Gasteiger partial charge in [0.05, 0.1) is 6.54 Å². The second-order valence-corrected chi connectivity index (χ2v) is 5.47. The average molecular weight is 327 g/mol. The summed E-state index contributed by atoms with van der Waals surface area (Å²) < 4.78 is 0.848. The van der Waals surface area contributed by atoms with Crippen LogP contribution in [0.1, 0.15) is 31.1 Å². The van der Waals surface area contributed by atoms with Gasteiger partial charge in [0.25, 0.3) is 5.91 Å². The first-order valence-electron chi connectivity index (χ1n) is 6.28. The zero-order chi connectivity index (χ0) is 14.4. The van der Waals surface area contributed by atoms with Crippen LogP contribution >= 0.6 is 15.9 Å². The van der Waals surface area contributed by atoms with E-state index >= 15 is 0 Å². The maximum Gasteiger partial charge on any atom is 0.254 e. The van der Waals surface area contributed by atoms with Crippen molar-refractivity contribution in [2.24, 2.45) is 0 Å². The number of rotatable bonds is 5. The molecule has 4 nitrogen and oxygen atoms in total. The number of nitrogens with one attached hydrogen (secondary N) is 1. The molecule has 1 aromatic rings. The first-order chi connectivity index (χ1) is 8.93. The monoisotopic (exact) mass is 326 g/mol. The van der Waals surface area contributed by atoms with Crippen LogP contribution in [0.15, 0.2) is 28.7 Å². The van der Waals surface area contributed by atoms with E-state index < -0.39 is 0 Å². The second-order valence-electron chi connectivity index (χ2n) is 4.55. The van der Waals surface area contributed by atoms with Gasteiger partial charge in [0.1, 0.15) is 0 Å². The van der Waals surface area contributed by atoms with Crippen molar-refractivity contribution in [2.45, 2.75) is 26.8 Å². The fraction of sp³-hybridized carbons (Fsp3) is 0.429. The molecule has 0 atom stereocenters. The lowest BCUT2D eigenvalue weighted by Gasteiger charge is -2.21. The van der Waals surface area contributed by atoms with Gasteiger partial charge in [0.2, 0.25) is 5.91 Å². The standard InChI is InChI=1S/C14H19BrN2O2/c1-4-17(9-13(18)16-10(2)3)14(19)11-6-5-7-12(15)8-11/h5-8,10H,4,9H2,1-3H3,(H,16,18). The Hall–Kier alpha value is -1.36. The Morgan fingerprint density at radius 3 is 2.58 bits per heavy atom. The van der Waals surface area contributed by atoms with E-state index in [1.807, 2.05) is 26.8 Å². The molecule has 1 N–H and O–H groups in total. The van der Waals surface area contributed by atoms with Gasteiger partial charge in [0, 0.05) is 22.6 Å². The van der Waals surface area contributed by atoms with E-state index in [1.165, 1.54) is 4.90 Å². The molecular formula is C14H19BrN2O2. The highest BCUT2D eigenvalue weighted by molar-refractivity contribution is 9.10. The highest BCUT2D eigenvalue weighted by Gasteiger charge is 2.17. The molecule has 0 aromatic heterocycles. The zero-order valence-corrected chi connectivity index (χ0v) is 13.0. The maximum atomic E-state index is 12.3. The van der Waals surface area contributed by atoms with Crippen LogP contribution in [0.4, 0.5) is 0 Å². The topological polar surface area (TPSA) is 49.4 Å². The molecule has 0 aliphatic carbocycles. The number of hydrogen-bond donors (Lipinski definition) is 1. The van der Waals surface area contributed by atoms with E-state index in [4.69, 9.17) is 0 Å². The van der Waals surface area contributed by atoms with Gasteiger partial charge >= 0.3 is 0 Å². The van der Waals surface area contributed by atoms with Crippen molar-refractivity contribution in [1.29, 1.82) is 0 Å². The van der Waals surface area contributed by atoms with Gasteiger partial charge in [0.15, 0.2) is 0 Å². The summed E-state index contributed by atoms with van der Waals surface area (Å²) in [6.07, 6.45) is 0. The lowest BCUT2D eigenvalue weighted by molar-refractivity contribution is -0.122. The molecule has 0 fully saturated rings. The highest BCUT2D eigenvalue weighted by Crippen LogP contribution is 2.13. The molecule has 2 amide bonds. The average Bonchev–Trinajstić information content (AvgIpc) is 2.34. The molecule has 0 aliphatic rings. The largest absolute Gasteiger partial charge is 0.352 e. The van der Waals surface area contributed by atoms with Crippen molar-refractivity contribution in [3.63, 3.8) is 0 Å². The number of amides is 2. The van der Waals surface area contributed by atoms with Crippen molar-refractivity contribution in [1.82, 2.24) is 10.2 Å². The Bertz CT molecular complexity index is 461. The van der Waals surface area contributed by atoms with Gasteiger partial charge in [-0.25, -0.2) is 0 Å². The molecule has 19 heavy (non-hydrogen) atoms. The molecule has 0 unspecified atom stereocenters. The van der Waals surface area contributed by atoms with E-state index in [0.29, 0.717) is 12.1 Å². The first-order valence-corrected chi connectivity index (χ1v) is 7.07. The maximum absolute atomic E-state index is 12.3. The molecular weight excluding hydrogens is 308 g/mol. The summed E-state index contributed by atoms with van der Waals surface area (Å²) >= 11 is 3.34. The summed E-state index contributed by atoms with van der Waals surface area (Å²) in [7, 11) is 0. The first kappa shape index (κ1) is 15.7. The van der Waals surface area contributed by atoms with Crippen molar-refractivity contribution in [3.05, 3.63) is 34.3 Å². The van der Waals surface area contributed by atoms with Crippen LogP contribution in [0.3, 0.4) is 0 Å². The van der Waals surface area contributed by atoms with Gasteiger partial charge in [-0.3, -0.25) is 9.59 Å². The lowest BCUT2D eigenvalue weighted by Crippen LogP contribution is -2.42. The van der Waals surface area contributed by atoms with Crippen molar-refractivity contribution in [3.8, 4) is 0 Å². The fourth-order valence-electron chi connectivity index (χ4n) is 1.67. The van der Waals surface area contributed by atoms with Crippen molar-refractivity contribution < 1.29 is 9.59 Å². The van der Waals surface area contributed by atoms with Crippen LogP contribution in [0.25, 0.3) is 0 Å². The lowest BCUT2D eigenvalue weighted by atomic mass is 10.2. The number of halogens is 1. The summed E-state index contributed by atoms with van der Waals surface area (Å²) in [6, 6.07) is 7.24. The number of likely N-dealkylation sites (N-methyl/N-ethyl adjacent to an activating group) is 1. The van der Waals surface area contributed by atoms with Gasteiger partial charge < -0.3 is 10.2 Å². The molecule has 1 aromatic carbocycles. The van der Waals surface area contributed by atoms with E-state index in [9.17, 15) is 9.59 Å². The Kier molecular flexibility index (Phi) is 6.02. The molecule has 0 radical (unpaired) electrons. The predicted molar refractivity (Wildman–Crippen MR) is 79.0 cm³/mol. The summed E-state index contributed by atoms with van der Waals surface area (Å²) in [5.74, 6) is -0.275. The fourth-order valence-corrected chi connectivity index (χ4v) is 2.07. The van der Waals surface area contributed by atoms with Crippen LogP contribution in [0, 0.1) is 0 Å². The number of hydrogen-bond acceptors (Lipinski definition) is 2. The van der Waals surface area contributed by atoms with E-state index in [-0.39, 0.29) is 24.4 Å². The highest BCUT2D eigenvalue weighted by atomic mass is 79.9. The molecule has 0 aliphatic heterocycles. The third-order valence-electron chi connectivity index (χ3n) is 2.52. The SMILES string of the molecule is CCN(CC(=O)NC(C)C)C(=O)c1cccc(Br)c1. The molecule has 104 valence electrons. The molecule has 1 rings (SSSR count). The smallest absolute Gasteiger partial charge is 0.254 e. The van der Waals surface area contributed by atoms with Gasteiger partial charge in [-0.05, 0) is 39.0 Å². The van der Waals surface area contributed by atoms with Gasteiger partial charge in [-0.15, -0.1) is 0 Å². The van der Waals surface area contributed by atoms with Crippen LogP contribution in [0.5, 0.6) is 0 Å². The van der Waals surface area contributed by atoms with Crippen LogP contribution in [0.2, 0.25) is 0 Å². The van der Waals surface area contributed by atoms with Gasteiger partial charge in [-0.1, -0.05) is 22.0 Å². The van der Waals surface area contributed by atoms with Gasteiger partial charge in [-0.2, -0.15) is 0 Å². The van der Waals surface area contributed by atoms with Crippen LogP contribution in [-0.2, 0) is 4.79 Å². The van der Waals surface area contributed by atoms with Crippen LogP contribution in [-0.4, -0.2) is 35.8 Å². The summed E-state index contributed by atoms with van der Waals surface area (Å²) in [4.78, 5) is 25.5. The Balaban J connectivity index is 2.74. The molecule has 0 spiro atoms. The minimum atomic E-state index is -0.139. The number of carbonyl (C=O) groups is 2. The van der Waals surface area contributed by atoms with Crippen molar-refractivity contribution >= 4 is 27.7 Å². The molecule has 5 heteroatoms. The van der Waals surface area contributed by atoms with Crippen LogP contribution < -0.4 is 5.32 Å². The third kappa shape index (κ3) is 5.03. The summed E-state index contributed by atoms with van der Waals surface area (Å²) in [5.41, 5.74) is 0.577. The molecule has 0 saturated heterocycles. The molecule has 0 saturated carbocycles. The molecule has 0 bridgehead atoms. The Morgan fingerprint density at radius 2 is 2.05 bits per heavy atom. The summed E-state index contributed by atoms with van der Waals surface area (Å²) in [5, 5.41) is 2.78. The quantitative estimate of drug-likeness (QED) is 0.903. The normalized spacial score (nSPS) is 10.4. The van der Waals surface area contributed by atoms with E-state index in [2.05, 4.69) is 21.2 Å². The van der Waals surface area contributed by atoms with Crippen molar-refractivity contribution in [2.75, 3.05) is 13.1 Å². The number of carbonyl (C=O) groups excluding carboxylic acids is 2. The zero-order valence-electron chi connectivity index (χ0n) is 11.4. The van der Waals surface area contributed by atoms with E-state index in [0.717, 1.165) is 4.47 Å². The number of benzene rings is 1. The summed E-state index contributed by atoms with van der Waals surface area (Å²) in [6.45, 7) is 6.23. The molecule has 0 heterocycles. The minimum absolute atomic E-state index is 0.0761. The minimum Gasteiger partial charge on any atom is -0.352 e. The Morgan fingerprint density at radius 1 is 1.37 bits per heavy atom. The predicted octanol–water partition coefficient (Wildman–Crippen LogP) is 2.44. The third-order valence-corrected chi connectivity index (χ3v) is 3.02. The number of nitrogens with zero attached hydrogens (tertiary/aromatic N) is 1. The van der Waals surface area contributed by atoms with E-state index in [1.54, 1.807) is 18.2 Å². The Labute approximate surface area is 122 Å². The second kappa shape index (κ2) is 7.28.